The number of nitrogens with one attached hydrogen (secondary N) is 1. The Balaban J connectivity index is 1.92. The smallest absolute Gasteiger partial charge is 0.223 e. The lowest BCUT2D eigenvalue weighted by Gasteiger charge is -2.21. The predicted molar refractivity (Wildman–Crippen MR) is 101 cm³/mol. The number of aryl methyl sites for hydroxylation is 1. The standard InChI is InChI=1S/C19H21N3O3S/c1-16(23)22(19-9-5-8-18(14-19)15-20)12-11-21-26(24,25)13-10-17-6-3-2-4-7-17/h2-9,14,21H,10-13H2,1H3. The van der Waals surface area contributed by atoms with Crippen LogP contribution in [-0.2, 0) is 21.2 Å². The zero-order valence-electron chi connectivity index (χ0n) is 14.6. The molecular formula is C19H21N3O3S. The molecule has 0 aliphatic heterocycles. The van der Waals surface area contributed by atoms with Gasteiger partial charge in [0.25, 0.3) is 0 Å². The number of carbonyl (C=O) groups excluding carboxylic acids is 1. The zero-order valence-corrected chi connectivity index (χ0v) is 15.4. The van der Waals surface area contributed by atoms with Gasteiger partial charge in [-0.3, -0.25) is 4.79 Å². The Bertz CT molecular complexity index is 890. The summed E-state index contributed by atoms with van der Waals surface area (Å²) in [5.74, 6) is -0.232. The minimum absolute atomic E-state index is 0.0129. The highest BCUT2D eigenvalue weighted by atomic mass is 32.2. The summed E-state index contributed by atoms with van der Waals surface area (Å²) in [6.07, 6.45) is 0.427. The summed E-state index contributed by atoms with van der Waals surface area (Å²) in [4.78, 5) is 13.3. The number of hydrogen-bond acceptors (Lipinski definition) is 4. The molecule has 1 amide bonds. The minimum atomic E-state index is -3.44. The summed E-state index contributed by atoms with van der Waals surface area (Å²) in [5, 5.41) is 8.97. The van der Waals surface area contributed by atoms with Gasteiger partial charge in [0, 0.05) is 25.7 Å². The van der Waals surface area contributed by atoms with Gasteiger partial charge in [0.2, 0.25) is 15.9 Å². The topological polar surface area (TPSA) is 90.3 Å². The van der Waals surface area contributed by atoms with Gasteiger partial charge in [0.1, 0.15) is 0 Å². The Kier molecular flexibility index (Phi) is 6.89. The number of rotatable bonds is 8. The van der Waals surface area contributed by atoms with Crippen LogP contribution in [0.25, 0.3) is 0 Å². The summed E-state index contributed by atoms with van der Waals surface area (Å²) < 4.78 is 26.8. The van der Waals surface area contributed by atoms with Crippen molar-refractivity contribution in [1.82, 2.24) is 4.72 Å². The molecule has 0 saturated heterocycles. The monoisotopic (exact) mass is 371 g/mol. The number of amides is 1. The third-order valence-electron chi connectivity index (χ3n) is 3.83. The van der Waals surface area contributed by atoms with Crippen molar-refractivity contribution in [3.63, 3.8) is 0 Å². The average Bonchev–Trinajstić information content (AvgIpc) is 2.64. The maximum atomic E-state index is 12.1. The highest BCUT2D eigenvalue weighted by Crippen LogP contribution is 2.15. The number of nitriles is 1. The Morgan fingerprint density at radius 3 is 2.54 bits per heavy atom. The highest BCUT2D eigenvalue weighted by molar-refractivity contribution is 7.89. The van der Waals surface area contributed by atoms with Crippen molar-refractivity contribution in [1.29, 1.82) is 5.26 Å². The number of hydrogen-bond donors (Lipinski definition) is 1. The molecule has 2 aromatic carbocycles. The number of sulfonamides is 1. The molecule has 6 nitrogen and oxygen atoms in total. The molecule has 0 heterocycles. The van der Waals surface area contributed by atoms with Crippen LogP contribution in [0.15, 0.2) is 54.6 Å². The van der Waals surface area contributed by atoms with E-state index in [0.29, 0.717) is 17.7 Å². The van der Waals surface area contributed by atoms with E-state index in [1.54, 1.807) is 24.3 Å². The molecule has 0 aliphatic carbocycles. The van der Waals surface area contributed by atoms with Crippen LogP contribution in [0.1, 0.15) is 18.1 Å². The Hall–Kier alpha value is -2.69. The number of anilines is 1. The van der Waals surface area contributed by atoms with Crippen molar-refractivity contribution in [2.24, 2.45) is 0 Å². The lowest BCUT2D eigenvalue weighted by Crippen LogP contribution is -2.38. The summed E-state index contributed by atoms with van der Waals surface area (Å²) in [6, 6.07) is 18.1. The van der Waals surface area contributed by atoms with E-state index in [9.17, 15) is 13.2 Å². The van der Waals surface area contributed by atoms with E-state index in [-0.39, 0.29) is 24.7 Å². The van der Waals surface area contributed by atoms with Gasteiger partial charge < -0.3 is 4.90 Å². The molecule has 0 spiro atoms. The molecule has 0 atom stereocenters. The molecule has 0 fully saturated rings. The molecule has 2 rings (SSSR count). The first kappa shape index (κ1) is 19.6. The van der Waals surface area contributed by atoms with E-state index in [2.05, 4.69) is 4.72 Å². The van der Waals surface area contributed by atoms with Crippen LogP contribution in [-0.4, -0.2) is 33.2 Å². The maximum Gasteiger partial charge on any atom is 0.223 e. The van der Waals surface area contributed by atoms with E-state index >= 15 is 0 Å². The molecule has 0 aliphatic rings. The van der Waals surface area contributed by atoms with Gasteiger partial charge in [-0.15, -0.1) is 0 Å². The molecule has 136 valence electrons. The highest BCUT2D eigenvalue weighted by Gasteiger charge is 2.15. The molecule has 0 radical (unpaired) electrons. The fourth-order valence-corrected chi connectivity index (χ4v) is 3.54. The lowest BCUT2D eigenvalue weighted by molar-refractivity contribution is -0.116. The average molecular weight is 371 g/mol. The van der Waals surface area contributed by atoms with E-state index < -0.39 is 10.0 Å². The molecule has 1 N–H and O–H groups in total. The molecule has 0 unspecified atom stereocenters. The molecular weight excluding hydrogens is 350 g/mol. The first-order valence-corrected chi connectivity index (χ1v) is 9.86. The van der Waals surface area contributed by atoms with Crippen LogP contribution < -0.4 is 9.62 Å². The van der Waals surface area contributed by atoms with Gasteiger partial charge in [-0.2, -0.15) is 5.26 Å². The summed E-state index contributed by atoms with van der Waals surface area (Å²) in [7, 11) is -3.44. The summed E-state index contributed by atoms with van der Waals surface area (Å²) in [5.41, 5.74) is 1.97. The van der Waals surface area contributed by atoms with E-state index in [0.717, 1.165) is 5.56 Å². The first-order valence-electron chi connectivity index (χ1n) is 8.21. The van der Waals surface area contributed by atoms with Crippen LogP contribution in [0, 0.1) is 11.3 Å². The fourth-order valence-electron chi connectivity index (χ4n) is 2.49. The van der Waals surface area contributed by atoms with Crippen molar-refractivity contribution in [3.05, 3.63) is 65.7 Å². The van der Waals surface area contributed by atoms with Crippen LogP contribution in [0.3, 0.4) is 0 Å². The van der Waals surface area contributed by atoms with Gasteiger partial charge in [-0.25, -0.2) is 13.1 Å². The first-order chi connectivity index (χ1) is 12.4. The van der Waals surface area contributed by atoms with Gasteiger partial charge >= 0.3 is 0 Å². The van der Waals surface area contributed by atoms with E-state index in [1.807, 2.05) is 36.4 Å². The molecule has 7 heteroatoms. The minimum Gasteiger partial charge on any atom is -0.311 e. The largest absolute Gasteiger partial charge is 0.311 e. The molecule has 0 saturated carbocycles. The van der Waals surface area contributed by atoms with Crippen LogP contribution >= 0.6 is 0 Å². The molecule has 0 aromatic heterocycles. The van der Waals surface area contributed by atoms with Gasteiger partial charge in [-0.1, -0.05) is 36.4 Å². The maximum absolute atomic E-state index is 12.1. The Morgan fingerprint density at radius 2 is 1.88 bits per heavy atom. The fraction of sp³-hybridized carbons (Fsp3) is 0.263. The lowest BCUT2D eigenvalue weighted by atomic mass is 10.2. The molecule has 26 heavy (non-hydrogen) atoms. The number of benzene rings is 2. The van der Waals surface area contributed by atoms with Crippen molar-refractivity contribution >= 4 is 21.6 Å². The number of carbonyl (C=O) groups is 1. The van der Waals surface area contributed by atoms with Crippen molar-refractivity contribution in [2.45, 2.75) is 13.3 Å². The normalized spacial score (nSPS) is 10.9. The quantitative estimate of drug-likeness (QED) is 0.769. The van der Waals surface area contributed by atoms with Crippen molar-refractivity contribution in [3.8, 4) is 6.07 Å². The van der Waals surface area contributed by atoms with Gasteiger partial charge in [0.05, 0.1) is 17.4 Å². The Morgan fingerprint density at radius 1 is 1.15 bits per heavy atom. The van der Waals surface area contributed by atoms with Crippen LogP contribution in [0.5, 0.6) is 0 Å². The Labute approximate surface area is 154 Å². The van der Waals surface area contributed by atoms with E-state index in [4.69, 9.17) is 5.26 Å². The zero-order chi connectivity index (χ0) is 19.0. The van der Waals surface area contributed by atoms with Crippen molar-refractivity contribution in [2.75, 3.05) is 23.7 Å². The SMILES string of the molecule is CC(=O)N(CCNS(=O)(=O)CCc1ccccc1)c1cccc(C#N)c1. The van der Waals surface area contributed by atoms with Gasteiger partial charge in [-0.05, 0) is 30.2 Å². The predicted octanol–water partition coefficient (Wildman–Crippen LogP) is 2.07. The van der Waals surface area contributed by atoms with Crippen molar-refractivity contribution < 1.29 is 13.2 Å². The second-order valence-electron chi connectivity index (χ2n) is 5.78. The molecule has 2 aromatic rings. The van der Waals surface area contributed by atoms with Gasteiger partial charge in [0.15, 0.2) is 0 Å². The van der Waals surface area contributed by atoms with Crippen LogP contribution in [0.4, 0.5) is 5.69 Å². The second kappa shape index (κ2) is 9.13. The summed E-state index contributed by atoms with van der Waals surface area (Å²) >= 11 is 0. The second-order valence-corrected chi connectivity index (χ2v) is 7.71. The third kappa shape index (κ3) is 5.99. The van der Waals surface area contributed by atoms with Crippen LogP contribution in [0.2, 0.25) is 0 Å². The molecule has 0 bridgehead atoms. The van der Waals surface area contributed by atoms with E-state index in [1.165, 1.54) is 11.8 Å². The summed E-state index contributed by atoms with van der Waals surface area (Å²) in [6.45, 7) is 1.70. The third-order valence-corrected chi connectivity index (χ3v) is 5.21. The number of nitrogens with zero attached hydrogens (tertiary/aromatic N) is 2.